The molecule has 0 spiro atoms. The molecular formula is C11H21NO. The summed E-state index contributed by atoms with van der Waals surface area (Å²) in [5, 5.41) is 0. The van der Waals surface area contributed by atoms with E-state index in [1.807, 2.05) is 6.26 Å². The molecule has 0 bridgehead atoms. The van der Waals surface area contributed by atoms with Crippen LogP contribution in [0.15, 0.2) is 11.8 Å². The summed E-state index contributed by atoms with van der Waals surface area (Å²) in [7, 11) is 0. The van der Waals surface area contributed by atoms with Crippen molar-refractivity contribution in [3.05, 3.63) is 11.8 Å². The average molecular weight is 183 g/mol. The van der Waals surface area contributed by atoms with Gasteiger partial charge in [0.2, 0.25) is 0 Å². The van der Waals surface area contributed by atoms with E-state index in [1.165, 1.54) is 5.57 Å². The lowest BCUT2D eigenvalue weighted by Crippen LogP contribution is -2.44. The van der Waals surface area contributed by atoms with Crippen molar-refractivity contribution in [1.82, 2.24) is 0 Å². The van der Waals surface area contributed by atoms with Crippen LogP contribution in [-0.2, 0) is 4.74 Å². The SMILES string of the molecule is CCC1=COC([C@H](N)C(C)(C)C)C1. The second-order valence-electron chi connectivity index (χ2n) is 4.90. The Morgan fingerprint density at radius 1 is 1.62 bits per heavy atom. The zero-order chi connectivity index (χ0) is 10.1. The normalized spacial score (nSPS) is 25.3. The monoisotopic (exact) mass is 183 g/mol. The second kappa shape index (κ2) is 3.70. The maximum absolute atomic E-state index is 6.11. The molecule has 0 aromatic carbocycles. The molecule has 0 aromatic heterocycles. The molecule has 1 aliphatic heterocycles. The molecule has 0 amide bonds. The van der Waals surface area contributed by atoms with Crippen molar-refractivity contribution < 1.29 is 4.74 Å². The largest absolute Gasteiger partial charge is 0.496 e. The molecule has 2 N–H and O–H groups in total. The first kappa shape index (κ1) is 10.6. The Hall–Kier alpha value is -0.500. The van der Waals surface area contributed by atoms with E-state index in [9.17, 15) is 0 Å². The van der Waals surface area contributed by atoms with Crippen LogP contribution in [0.2, 0.25) is 0 Å². The zero-order valence-electron chi connectivity index (χ0n) is 9.13. The highest BCUT2D eigenvalue weighted by Gasteiger charge is 2.32. The summed E-state index contributed by atoms with van der Waals surface area (Å²) in [4.78, 5) is 0. The molecule has 0 saturated carbocycles. The molecule has 1 aliphatic rings. The van der Waals surface area contributed by atoms with Crippen molar-refractivity contribution in [1.29, 1.82) is 0 Å². The number of hydrogen-bond donors (Lipinski definition) is 1. The van der Waals surface area contributed by atoms with Crippen LogP contribution in [0.1, 0.15) is 40.5 Å². The van der Waals surface area contributed by atoms with Gasteiger partial charge < -0.3 is 10.5 Å². The van der Waals surface area contributed by atoms with E-state index in [1.54, 1.807) is 0 Å². The molecule has 0 aromatic rings. The summed E-state index contributed by atoms with van der Waals surface area (Å²) in [6, 6.07) is 0.118. The molecule has 1 rings (SSSR count). The summed E-state index contributed by atoms with van der Waals surface area (Å²) in [5.74, 6) is 0. The van der Waals surface area contributed by atoms with Crippen molar-refractivity contribution in [3.8, 4) is 0 Å². The van der Waals surface area contributed by atoms with E-state index in [4.69, 9.17) is 10.5 Å². The third kappa shape index (κ3) is 2.47. The Labute approximate surface area is 81.1 Å². The van der Waals surface area contributed by atoms with Crippen LogP contribution >= 0.6 is 0 Å². The quantitative estimate of drug-likeness (QED) is 0.713. The average Bonchev–Trinajstić information content (AvgIpc) is 2.48. The smallest absolute Gasteiger partial charge is 0.117 e. The van der Waals surface area contributed by atoms with Gasteiger partial charge in [-0.15, -0.1) is 0 Å². The predicted molar refractivity (Wildman–Crippen MR) is 55.3 cm³/mol. The van der Waals surface area contributed by atoms with Crippen LogP contribution in [-0.4, -0.2) is 12.1 Å². The van der Waals surface area contributed by atoms with Crippen molar-refractivity contribution in [2.75, 3.05) is 0 Å². The predicted octanol–water partition coefficient (Wildman–Crippen LogP) is 2.44. The van der Waals surface area contributed by atoms with Gasteiger partial charge in [-0.25, -0.2) is 0 Å². The molecule has 0 fully saturated rings. The van der Waals surface area contributed by atoms with Gasteiger partial charge in [-0.3, -0.25) is 0 Å². The lowest BCUT2D eigenvalue weighted by Gasteiger charge is -2.31. The van der Waals surface area contributed by atoms with Gasteiger partial charge in [-0.2, -0.15) is 0 Å². The van der Waals surface area contributed by atoms with E-state index < -0.39 is 0 Å². The first-order valence-corrected chi connectivity index (χ1v) is 5.04. The lowest BCUT2D eigenvalue weighted by molar-refractivity contribution is 0.0934. The molecular weight excluding hydrogens is 162 g/mol. The number of hydrogen-bond acceptors (Lipinski definition) is 2. The Kier molecular flexibility index (Phi) is 3.01. The lowest BCUT2D eigenvalue weighted by atomic mass is 9.82. The van der Waals surface area contributed by atoms with E-state index in [-0.39, 0.29) is 17.6 Å². The fourth-order valence-corrected chi connectivity index (χ4v) is 1.54. The van der Waals surface area contributed by atoms with E-state index in [0.29, 0.717) is 0 Å². The molecule has 76 valence electrons. The molecule has 1 heterocycles. The van der Waals surface area contributed by atoms with E-state index >= 15 is 0 Å². The van der Waals surface area contributed by atoms with Gasteiger partial charge in [-0.1, -0.05) is 27.7 Å². The van der Waals surface area contributed by atoms with Crippen LogP contribution in [0, 0.1) is 5.41 Å². The second-order valence-corrected chi connectivity index (χ2v) is 4.90. The highest BCUT2D eigenvalue weighted by molar-refractivity contribution is 5.07. The first-order chi connectivity index (χ1) is 5.95. The Morgan fingerprint density at radius 3 is 2.62 bits per heavy atom. The Bertz CT molecular complexity index is 203. The summed E-state index contributed by atoms with van der Waals surface area (Å²) in [5.41, 5.74) is 7.62. The maximum atomic E-state index is 6.11. The molecule has 0 saturated heterocycles. The summed E-state index contributed by atoms with van der Waals surface area (Å²) < 4.78 is 5.56. The molecule has 2 nitrogen and oxygen atoms in total. The third-order valence-electron chi connectivity index (χ3n) is 2.73. The maximum Gasteiger partial charge on any atom is 0.117 e. The van der Waals surface area contributed by atoms with Crippen LogP contribution in [0.5, 0.6) is 0 Å². The van der Waals surface area contributed by atoms with Gasteiger partial charge in [0.15, 0.2) is 0 Å². The molecule has 0 aliphatic carbocycles. The van der Waals surface area contributed by atoms with Crippen molar-refractivity contribution in [2.45, 2.75) is 52.7 Å². The topological polar surface area (TPSA) is 35.2 Å². The van der Waals surface area contributed by atoms with Gasteiger partial charge in [0.1, 0.15) is 6.10 Å². The fourth-order valence-electron chi connectivity index (χ4n) is 1.54. The van der Waals surface area contributed by atoms with Crippen molar-refractivity contribution in [2.24, 2.45) is 11.1 Å². The Morgan fingerprint density at radius 2 is 2.23 bits per heavy atom. The fraction of sp³-hybridized carbons (Fsp3) is 0.818. The van der Waals surface area contributed by atoms with E-state index in [0.717, 1.165) is 12.8 Å². The molecule has 2 atom stereocenters. The van der Waals surface area contributed by atoms with Gasteiger partial charge in [0.25, 0.3) is 0 Å². The third-order valence-corrected chi connectivity index (χ3v) is 2.73. The number of rotatable bonds is 2. The van der Waals surface area contributed by atoms with Crippen molar-refractivity contribution in [3.63, 3.8) is 0 Å². The number of nitrogens with two attached hydrogens (primary N) is 1. The van der Waals surface area contributed by atoms with Gasteiger partial charge >= 0.3 is 0 Å². The molecule has 0 radical (unpaired) electrons. The van der Waals surface area contributed by atoms with Gasteiger partial charge in [0.05, 0.1) is 6.26 Å². The minimum atomic E-state index is 0.118. The van der Waals surface area contributed by atoms with Gasteiger partial charge in [0, 0.05) is 12.5 Å². The number of ether oxygens (including phenoxy) is 1. The molecule has 1 unspecified atom stereocenters. The van der Waals surface area contributed by atoms with E-state index in [2.05, 4.69) is 27.7 Å². The zero-order valence-corrected chi connectivity index (χ0v) is 9.13. The van der Waals surface area contributed by atoms with Gasteiger partial charge in [-0.05, 0) is 17.4 Å². The van der Waals surface area contributed by atoms with Crippen molar-refractivity contribution >= 4 is 0 Å². The minimum Gasteiger partial charge on any atom is -0.496 e. The summed E-state index contributed by atoms with van der Waals surface area (Å²) >= 11 is 0. The highest BCUT2D eigenvalue weighted by Crippen LogP contribution is 2.29. The van der Waals surface area contributed by atoms with Crippen LogP contribution in [0.4, 0.5) is 0 Å². The van der Waals surface area contributed by atoms with Crippen LogP contribution < -0.4 is 5.73 Å². The molecule has 13 heavy (non-hydrogen) atoms. The molecule has 2 heteroatoms. The standard InChI is InChI=1S/C11H21NO/c1-5-8-6-9(13-7-8)10(12)11(2,3)4/h7,9-10H,5-6,12H2,1-4H3/t9?,10-/m0/s1. The summed E-state index contributed by atoms with van der Waals surface area (Å²) in [6.07, 6.45) is 4.16. The first-order valence-electron chi connectivity index (χ1n) is 5.04. The highest BCUT2D eigenvalue weighted by atomic mass is 16.5. The van der Waals surface area contributed by atoms with Crippen LogP contribution in [0.25, 0.3) is 0 Å². The summed E-state index contributed by atoms with van der Waals surface area (Å²) in [6.45, 7) is 8.63. The Balaban J connectivity index is 2.50. The van der Waals surface area contributed by atoms with Crippen LogP contribution in [0.3, 0.4) is 0 Å². The minimum absolute atomic E-state index is 0.118.